The van der Waals surface area contributed by atoms with Gasteiger partial charge >= 0.3 is 5.97 Å². The zero-order chi connectivity index (χ0) is 23.8. The summed E-state index contributed by atoms with van der Waals surface area (Å²) in [4.78, 5) is 11.6. The summed E-state index contributed by atoms with van der Waals surface area (Å²) >= 11 is 0. The normalized spacial score (nSPS) is 46.8. The van der Waals surface area contributed by atoms with E-state index in [1.165, 1.54) is 37.3 Å². The van der Waals surface area contributed by atoms with Crippen LogP contribution in [0.3, 0.4) is 0 Å². The number of aliphatic hydroxyl groups excluding tert-OH is 1. The summed E-state index contributed by atoms with van der Waals surface area (Å²) in [5, 5.41) is 11.4. The van der Waals surface area contributed by atoms with E-state index in [1.54, 1.807) is 0 Å². The maximum Gasteiger partial charge on any atom is 0.302 e. The van der Waals surface area contributed by atoms with Gasteiger partial charge in [-0.15, -0.1) is 0 Å². The smallest absolute Gasteiger partial charge is 0.302 e. The summed E-state index contributed by atoms with van der Waals surface area (Å²) in [7, 11) is 0. The molecule has 0 aromatic carbocycles. The van der Waals surface area contributed by atoms with Crippen LogP contribution in [-0.2, 0) is 14.3 Å². The Morgan fingerprint density at radius 2 is 1.94 bits per heavy atom. The van der Waals surface area contributed by atoms with Gasteiger partial charge in [0, 0.05) is 12.3 Å². The van der Waals surface area contributed by atoms with Crippen LogP contribution in [0.15, 0.2) is 11.1 Å². The van der Waals surface area contributed by atoms with Gasteiger partial charge < -0.3 is 14.6 Å². The number of carbonyl (C=O) groups excluding carboxylic acids is 1. The monoisotopic (exact) mass is 458 g/mol. The molecule has 5 aliphatic rings. The molecule has 1 aliphatic heterocycles. The van der Waals surface area contributed by atoms with Crippen molar-refractivity contribution in [2.75, 3.05) is 0 Å². The van der Waals surface area contributed by atoms with Gasteiger partial charge in [0.15, 0.2) is 0 Å². The zero-order valence-corrected chi connectivity index (χ0v) is 21.8. The third kappa shape index (κ3) is 3.48. The van der Waals surface area contributed by atoms with Crippen molar-refractivity contribution in [2.45, 2.75) is 130 Å². The Morgan fingerprint density at radius 3 is 2.64 bits per heavy atom. The molecule has 4 aliphatic carbocycles. The Hall–Kier alpha value is -0.870. The number of hydrogen-bond donors (Lipinski definition) is 1. The van der Waals surface area contributed by atoms with Crippen LogP contribution in [0.4, 0.5) is 0 Å². The molecule has 4 nitrogen and oxygen atoms in total. The Balaban J connectivity index is 1.41. The highest BCUT2D eigenvalue weighted by molar-refractivity contribution is 5.66. The topological polar surface area (TPSA) is 59.1 Å². The molecule has 0 bridgehead atoms. The molecule has 1 heterocycles. The molecule has 0 radical (unpaired) electrons. The standard InChI is InChI=1S/C29H46O4/c1-17(2)8-7-9-18(3)23-15-24(31)26-22-11-10-20-14-21(32-19(4)30)12-13-28(20,6)29(22)25(33-29)16-27(23,26)5/h17-18,20-21,23-25,31H,7-16H2,1-6H3/t18-,20+,21+,23-,24+,25-,27-,28+,29+/m1/s1. The first-order valence-electron chi connectivity index (χ1n) is 13.8. The fourth-order valence-corrected chi connectivity index (χ4v) is 9.26. The summed E-state index contributed by atoms with van der Waals surface area (Å²) in [6, 6.07) is 0. The first kappa shape index (κ1) is 23.9. The fraction of sp³-hybridized carbons (Fsp3) is 0.897. The maximum absolute atomic E-state index is 11.6. The highest BCUT2D eigenvalue weighted by Crippen LogP contribution is 2.74. The van der Waals surface area contributed by atoms with Crippen LogP contribution in [0.2, 0.25) is 0 Å². The van der Waals surface area contributed by atoms with Crippen molar-refractivity contribution in [3.8, 4) is 0 Å². The predicted molar refractivity (Wildman–Crippen MR) is 130 cm³/mol. The van der Waals surface area contributed by atoms with Gasteiger partial charge in [0.05, 0.1) is 12.2 Å². The molecular weight excluding hydrogens is 412 g/mol. The lowest BCUT2D eigenvalue weighted by Gasteiger charge is -2.55. The Bertz CT molecular complexity index is 831. The molecule has 3 saturated carbocycles. The second-order valence-electron chi connectivity index (χ2n) is 13.2. The van der Waals surface area contributed by atoms with E-state index in [0.717, 1.165) is 50.9 Å². The quantitative estimate of drug-likeness (QED) is 0.292. The van der Waals surface area contributed by atoms with Crippen molar-refractivity contribution in [3.63, 3.8) is 0 Å². The van der Waals surface area contributed by atoms with E-state index >= 15 is 0 Å². The molecule has 33 heavy (non-hydrogen) atoms. The summed E-state index contributed by atoms with van der Waals surface area (Å²) in [5.74, 6) is 2.32. The lowest BCUT2D eigenvalue weighted by Crippen LogP contribution is -2.55. The lowest BCUT2D eigenvalue weighted by molar-refractivity contribution is -0.152. The molecule has 9 atom stereocenters. The van der Waals surface area contributed by atoms with E-state index in [0.29, 0.717) is 23.9 Å². The lowest BCUT2D eigenvalue weighted by atomic mass is 9.48. The maximum atomic E-state index is 11.6. The highest BCUT2D eigenvalue weighted by Gasteiger charge is 2.77. The van der Waals surface area contributed by atoms with Crippen LogP contribution in [0.25, 0.3) is 0 Å². The van der Waals surface area contributed by atoms with Crippen molar-refractivity contribution >= 4 is 5.97 Å². The third-order valence-corrected chi connectivity index (χ3v) is 10.8. The number of fused-ring (bicyclic) bond motifs is 2. The molecule has 4 fully saturated rings. The molecular formula is C29H46O4. The minimum Gasteiger partial charge on any atom is -0.463 e. The Kier molecular flexibility index (Phi) is 5.84. The van der Waals surface area contributed by atoms with Crippen LogP contribution in [0, 0.1) is 34.5 Å². The number of epoxide rings is 1. The highest BCUT2D eigenvalue weighted by atomic mass is 16.6. The summed E-state index contributed by atoms with van der Waals surface area (Å²) < 4.78 is 12.4. The van der Waals surface area contributed by atoms with E-state index in [4.69, 9.17) is 9.47 Å². The van der Waals surface area contributed by atoms with Crippen LogP contribution in [0.1, 0.15) is 106 Å². The van der Waals surface area contributed by atoms with Crippen molar-refractivity contribution in [1.29, 1.82) is 0 Å². The second kappa shape index (κ2) is 8.08. The Morgan fingerprint density at radius 1 is 1.18 bits per heavy atom. The van der Waals surface area contributed by atoms with Gasteiger partial charge in [-0.2, -0.15) is 0 Å². The molecule has 0 aromatic heterocycles. The van der Waals surface area contributed by atoms with Crippen LogP contribution >= 0.6 is 0 Å². The van der Waals surface area contributed by atoms with Gasteiger partial charge in [0.25, 0.3) is 0 Å². The molecule has 1 saturated heterocycles. The summed E-state index contributed by atoms with van der Waals surface area (Å²) in [6.07, 6.45) is 11.0. The third-order valence-electron chi connectivity index (χ3n) is 10.8. The van der Waals surface area contributed by atoms with Gasteiger partial charge in [-0.05, 0) is 85.2 Å². The largest absolute Gasteiger partial charge is 0.463 e. The average molecular weight is 459 g/mol. The number of ether oxygens (including phenoxy) is 2. The van der Waals surface area contributed by atoms with Crippen LogP contribution in [-0.4, -0.2) is 35.0 Å². The van der Waals surface area contributed by atoms with Crippen molar-refractivity contribution < 1.29 is 19.4 Å². The van der Waals surface area contributed by atoms with E-state index < -0.39 is 0 Å². The van der Waals surface area contributed by atoms with Gasteiger partial charge in [-0.1, -0.05) is 53.9 Å². The molecule has 1 spiro atoms. The molecule has 4 heteroatoms. The van der Waals surface area contributed by atoms with E-state index in [1.807, 2.05) is 0 Å². The molecule has 0 amide bonds. The van der Waals surface area contributed by atoms with Gasteiger partial charge in [-0.3, -0.25) is 4.79 Å². The zero-order valence-electron chi connectivity index (χ0n) is 21.8. The van der Waals surface area contributed by atoms with Crippen molar-refractivity contribution in [1.82, 2.24) is 0 Å². The number of rotatable bonds is 6. The SMILES string of the molecule is CC(=O)O[C@H]1CC[C@@]2(C)[C@@H](CCC3=C4[C@@H](O)C[C@H]([C@H](C)CCCC(C)C)[C@@]4(C)C[C@H]4O[C@@]342)C1. The van der Waals surface area contributed by atoms with Crippen molar-refractivity contribution in [3.05, 3.63) is 11.1 Å². The van der Waals surface area contributed by atoms with Crippen LogP contribution < -0.4 is 0 Å². The molecule has 0 aromatic rings. The van der Waals surface area contributed by atoms with E-state index in [-0.39, 0.29) is 34.6 Å². The van der Waals surface area contributed by atoms with E-state index in [9.17, 15) is 9.90 Å². The number of hydrogen-bond acceptors (Lipinski definition) is 4. The predicted octanol–water partition coefficient (Wildman–Crippen LogP) is 6.21. The fourth-order valence-electron chi connectivity index (χ4n) is 9.26. The van der Waals surface area contributed by atoms with E-state index in [2.05, 4.69) is 34.6 Å². The van der Waals surface area contributed by atoms with Crippen LogP contribution in [0.5, 0.6) is 0 Å². The van der Waals surface area contributed by atoms with Gasteiger partial charge in [-0.25, -0.2) is 0 Å². The minimum atomic E-state index is -0.304. The number of aliphatic hydroxyl groups is 1. The minimum absolute atomic E-state index is 0.0605. The van der Waals surface area contributed by atoms with Gasteiger partial charge in [0.1, 0.15) is 11.7 Å². The Labute approximate surface area is 200 Å². The first-order chi connectivity index (χ1) is 15.5. The summed E-state index contributed by atoms with van der Waals surface area (Å²) in [5.41, 5.74) is 2.86. The average Bonchev–Trinajstić information content (AvgIpc) is 3.38. The summed E-state index contributed by atoms with van der Waals surface area (Å²) in [6.45, 7) is 13.5. The molecule has 1 N–H and O–H groups in total. The molecule has 0 unspecified atom stereocenters. The second-order valence-corrected chi connectivity index (χ2v) is 13.2. The van der Waals surface area contributed by atoms with Crippen molar-refractivity contribution in [2.24, 2.45) is 34.5 Å². The molecule has 186 valence electrons. The molecule has 5 rings (SSSR count). The first-order valence-corrected chi connectivity index (χ1v) is 13.8. The van der Waals surface area contributed by atoms with Gasteiger partial charge in [0.2, 0.25) is 0 Å². The number of carbonyl (C=O) groups is 1. The number of esters is 1.